The average molecular weight is 542 g/mol. The first-order chi connectivity index (χ1) is 16.8. The minimum Gasteiger partial charge on any atom is -0.390 e. The smallest absolute Gasteiger partial charge is 0.242 e. The summed E-state index contributed by atoms with van der Waals surface area (Å²) in [6.07, 6.45) is 8.93. The molecule has 194 valence electrons. The van der Waals surface area contributed by atoms with Gasteiger partial charge in [-0.25, -0.2) is 17.8 Å². The first-order valence-corrected chi connectivity index (χ1v) is 15.2. The molecule has 0 spiro atoms. The van der Waals surface area contributed by atoms with Crippen molar-refractivity contribution in [3.8, 4) is 0 Å². The van der Waals surface area contributed by atoms with Gasteiger partial charge in [-0.3, -0.25) is 4.99 Å². The predicted octanol–water partition coefficient (Wildman–Crippen LogP) is 2.89. The number of benzene rings is 1. The average Bonchev–Trinajstić information content (AvgIpc) is 3.47. The maximum Gasteiger partial charge on any atom is 0.242 e. The van der Waals surface area contributed by atoms with Crippen LogP contribution in [0.2, 0.25) is 5.02 Å². The number of aryl methyl sites for hydroxylation is 3. The van der Waals surface area contributed by atoms with Crippen LogP contribution in [0.15, 0.2) is 28.1 Å². The zero-order valence-corrected chi connectivity index (χ0v) is 22.7. The molecule has 2 aliphatic rings. The van der Waals surface area contributed by atoms with E-state index in [1.807, 2.05) is 17.8 Å². The molecule has 1 aliphatic carbocycles. The molecule has 4 rings (SSSR count). The number of hydrogen-bond acceptors (Lipinski definition) is 7. The number of aliphatic hydroxyl groups excluding tert-OH is 1. The Balaban J connectivity index is 1.37. The molecule has 1 saturated carbocycles. The van der Waals surface area contributed by atoms with Crippen LogP contribution >= 0.6 is 22.9 Å². The summed E-state index contributed by atoms with van der Waals surface area (Å²) in [6.45, 7) is 2.33. The molecule has 2 heterocycles. The van der Waals surface area contributed by atoms with Gasteiger partial charge in [0.25, 0.3) is 0 Å². The lowest BCUT2D eigenvalue weighted by Crippen LogP contribution is -2.39. The van der Waals surface area contributed by atoms with Gasteiger partial charge in [0.15, 0.2) is 0 Å². The van der Waals surface area contributed by atoms with Crippen molar-refractivity contribution in [2.75, 3.05) is 26.2 Å². The summed E-state index contributed by atoms with van der Waals surface area (Å²) in [5.41, 5.74) is 0.871. The Kier molecular flexibility index (Phi) is 9.40. The van der Waals surface area contributed by atoms with Crippen LogP contribution in [0.1, 0.15) is 55.5 Å². The molecule has 1 saturated heterocycles. The first kappa shape index (κ1) is 26.8. The highest BCUT2D eigenvalue weighted by atomic mass is 35.5. The van der Waals surface area contributed by atoms with Crippen molar-refractivity contribution in [2.45, 2.75) is 74.8 Å². The molecule has 11 heteroatoms. The molecule has 2 fully saturated rings. The number of nitrogens with one attached hydrogen (secondary N) is 1. The lowest BCUT2D eigenvalue weighted by molar-refractivity contribution is 0.128. The van der Waals surface area contributed by atoms with E-state index in [0.717, 1.165) is 54.1 Å². The van der Waals surface area contributed by atoms with Crippen molar-refractivity contribution in [1.29, 1.82) is 0 Å². The monoisotopic (exact) mass is 541 g/mol. The summed E-state index contributed by atoms with van der Waals surface area (Å²) in [4.78, 5) is 8.05. The zero-order chi connectivity index (χ0) is 24.8. The maximum absolute atomic E-state index is 12.9. The van der Waals surface area contributed by atoms with Crippen molar-refractivity contribution in [3.63, 3.8) is 0 Å². The second-order valence-corrected chi connectivity index (χ2v) is 12.8. The Morgan fingerprint density at radius 1 is 1.20 bits per heavy atom. The minimum absolute atomic E-state index is 0.0394. The van der Waals surface area contributed by atoms with Crippen LogP contribution in [0.3, 0.4) is 0 Å². The Bertz CT molecular complexity index is 1150. The van der Waals surface area contributed by atoms with Crippen LogP contribution in [0.5, 0.6) is 0 Å². The number of aromatic nitrogens is 2. The predicted molar refractivity (Wildman–Crippen MR) is 139 cm³/mol. The van der Waals surface area contributed by atoms with E-state index >= 15 is 0 Å². The number of hydrogen-bond donors (Lipinski definition) is 2. The van der Waals surface area contributed by atoms with Crippen LogP contribution < -0.4 is 9.52 Å². The first-order valence-electron chi connectivity index (χ1n) is 12.6. The van der Waals surface area contributed by atoms with Gasteiger partial charge in [-0.2, -0.15) is 5.10 Å². The highest BCUT2D eigenvalue weighted by Crippen LogP contribution is 2.24. The fourth-order valence-corrected chi connectivity index (χ4v) is 7.32. The molecule has 1 unspecified atom stereocenters. The third-order valence-electron chi connectivity index (χ3n) is 6.70. The summed E-state index contributed by atoms with van der Waals surface area (Å²) < 4.78 is 30.2. The van der Waals surface area contributed by atoms with Gasteiger partial charge in [-0.1, -0.05) is 48.3 Å². The molecule has 2 aromatic rings. The summed E-state index contributed by atoms with van der Waals surface area (Å²) in [5.74, 6) is 0. The van der Waals surface area contributed by atoms with Crippen LogP contribution in [-0.2, 0) is 29.9 Å². The maximum atomic E-state index is 12.9. The Labute approximate surface area is 217 Å². The van der Waals surface area contributed by atoms with Crippen molar-refractivity contribution in [1.82, 2.24) is 19.4 Å². The highest BCUT2D eigenvalue weighted by molar-refractivity contribution is 7.89. The number of nitrogens with zero attached hydrogens (tertiary/aromatic N) is 4. The van der Waals surface area contributed by atoms with Gasteiger partial charge < -0.3 is 10.0 Å². The summed E-state index contributed by atoms with van der Waals surface area (Å²) in [6, 6.07) is 5.49. The summed E-state index contributed by atoms with van der Waals surface area (Å²) in [7, 11) is -1.91. The number of aliphatic hydroxyl groups is 1. The van der Waals surface area contributed by atoms with E-state index in [1.54, 1.807) is 23.5 Å². The van der Waals surface area contributed by atoms with E-state index in [-0.39, 0.29) is 16.5 Å². The van der Waals surface area contributed by atoms with E-state index < -0.39 is 16.1 Å². The van der Waals surface area contributed by atoms with Gasteiger partial charge in [-0.15, -0.1) is 0 Å². The van der Waals surface area contributed by atoms with Crippen molar-refractivity contribution in [2.24, 2.45) is 12.0 Å². The molecule has 8 nitrogen and oxygen atoms in total. The fourth-order valence-electron chi connectivity index (χ4n) is 4.75. The molecule has 1 atom stereocenters. The number of likely N-dealkylation sites (tertiary alicyclic amines) is 1. The van der Waals surface area contributed by atoms with E-state index in [0.29, 0.717) is 25.4 Å². The highest BCUT2D eigenvalue weighted by Gasteiger charge is 2.22. The second kappa shape index (κ2) is 12.3. The van der Waals surface area contributed by atoms with Crippen LogP contribution in [0.25, 0.3) is 0 Å². The van der Waals surface area contributed by atoms with E-state index in [9.17, 15) is 13.5 Å². The fraction of sp³-hybridized carbons (Fsp3) is 0.667. The van der Waals surface area contributed by atoms with Gasteiger partial charge in [0.05, 0.1) is 17.2 Å². The molecular formula is C24H36ClN5O3S2. The topological polar surface area (TPSA) is 99.8 Å². The lowest BCUT2D eigenvalue weighted by atomic mass is 9.96. The molecule has 0 radical (unpaired) electrons. The lowest BCUT2D eigenvalue weighted by Gasteiger charge is -2.19. The molecule has 0 bridgehead atoms. The molecule has 2 N–H and O–H groups in total. The van der Waals surface area contributed by atoms with Crippen molar-refractivity contribution < 1.29 is 13.5 Å². The number of sulfonamides is 1. The van der Waals surface area contributed by atoms with Crippen LogP contribution in [-0.4, -0.2) is 66.5 Å². The molecule has 1 aromatic carbocycles. The van der Waals surface area contributed by atoms with Crippen molar-refractivity contribution in [3.05, 3.63) is 38.6 Å². The van der Waals surface area contributed by atoms with Gasteiger partial charge in [0.2, 0.25) is 14.8 Å². The number of rotatable bonds is 10. The van der Waals surface area contributed by atoms with Crippen LogP contribution in [0.4, 0.5) is 0 Å². The van der Waals surface area contributed by atoms with Crippen LogP contribution in [0, 0.1) is 0 Å². The van der Waals surface area contributed by atoms with Gasteiger partial charge >= 0.3 is 0 Å². The molecule has 1 aromatic heterocycles. The normalized spacial score (nSPS) is 19.5. The minimum atomic E-state index is -3.84. The molecule has 0 amide bonds. The van der Waals surface area contributed by atoms with Gasteiger partial charge in [0.1, 0.15) is 9.90 Å². The molecule has 35 heavy (non-hydrogen) atoms. The Morgan fingerprint density at radius 3 is 2.69 bits per heavy atom. The Morgan fingerprint density at radius 2 is 1.94 bits per heavy atom. The largest absolute Gasteiger partial charge is 0.390 e. The van der Waals surface area contributed by atoms with E-state index in [4.69, 9.17) is 16.6 Å². The van der Waals surface area contributed by atoms with Gasteiger partial charge in [0, 0.05) is 26.6 Å². The quantitative estimate of drug-likeness (QED) is 0.482. The zero-order valence-electron chi connectivity index (χ0n) is 20.3. The number of β-amino-alcohol motifs (C(OH)–C–C–N with tert-alkyl or cyclic N) is 1. The second-order valence-electron chi connectivity index (χ2n) is 9.60. The number of halogens is 1. The van der Waals surface area contributed by atoms with Crippen molar-refractivity contribution >= 4 is 33.0 Å². The summed E-state index contributed by atoms with van der Waals surface area (Å²) in [5, 5.41) is 16.0. The Hall–Kier alpha value is -1.30. The summed E-state index contributed by atoms with van der Waals surface area (Å²) >= 11 is 7.86. The van der Waals surface area contributed by atoms with E-state index in [2.05, 4.69) is 14.7 Å². The third kappa shape index (κ3) is 7.60. The standard InChI is InChI=1S/C24H36ClN5O3S2/c1-29-24(27-19-7-3-2-4-8-19)34-23(28-29)12-10-18-9-11-21(25)22(15-18)35(32,33)26-16-20(31)17-30-13-5-6-14-30/h9,11,15,19-20,26,31H,2-8,10,12-14,16-17H2,1H3. The third-order valence-corrected chi connectivity index (χ3v) is 9.68. The molecular weight excluding hydrogens is 506 g/mol. The molecule has 1 aliphatic heterocycles. The SMILES string of the molecule is Cn1nc(CCc2ccc(Cl)c(S(=O)(=O)NCC(O)CN3CCCC3)c2)sc1=NC1CCCCC1. The van der Waals surface area contributed by atoms with E-state index in [1.165, 1.54) is 19.3 Å². The van der Waals surface area contributed by atoms with Gasteiger partial charge in [-0.05, 0) is 62.9 Å².